The highest BCUT2D eigenvalue weighted by Gasteiger charge is 2.16. The van der Waals surface area contributed by atoms with Gasteiger partial charge in [-0.1, -0.05) is 0 Å². The third kappa shape index (κ3) is 2.41. The zero-order chi connectivity index (χ0) is 11.5. The lowest BCUT2D eigenvalue weighted by atomic mass is 10.1. The standard InChI is InChI=1S/C11H16N2O3/c1-7-10(14)12-9(13-11(7)15)6-8-4-2-3-5-16-8/h8H,2-6H2,1H3,(H2,12,13,14,15). The van der Waals surface area contributed by atoms with Gasteiger partial charge >= 0.3 is 0 Å². The number of aromatic hydroxyl groups is 1. The highest BCUT2D eigenvalue weighted by Crippen LogP contribution is 2.16. The molecule has 1 aliphatic rings. The van der Waals surface area contributed by atoms with Crippen LogP contribution >= 0.6 is 0 Å². The molecule has 1 atom stereocenters. The predicted molar refractivity (Wildman–Crippen MR) is 58.6 cm³/mol. The maximum absolute atomic E-state index is 11.4. The first-order valence-corrected chi connectivity index (χ1v) is 5.57. The van der Waals surface area contributed by atoms with Gasteiger partial charge in [0.15, 0.2) is 0 Å². The van der Waals surface area contributed by atoms with Crippen molar-refractivity contribution >= 4 is 0 Å². The van der Waals surface area contributed by atoms with E-state index < -0.39 is 0 Å². The minimum absolute atomic E-state index is 0.110. The lowest BCUT2D eigenvalue weighted by Crippen LogP contribution is -2.24. The van der Waals surface area contributed by atoms with E-state index in [1.807, 2.05) is 0 Å². The molecule has 0 radical (unpaired) electrons. The van der Waals surface area contributed by atoms with E-state index in [0.29, 0.717) is 12.2 Å². The van der Waals surface area contributed by atoms with Crippen LogP contribution in [-0.4, -0.2) is 27.8 Å². The number of ether oxygens (including phenoxy) is 1. The Bertz CT molecular complexity index is 422. The molecule has 1 saturated heterocycles. The molecule has 0 spiro atoms. The summed E-state index contributed by atoms with van der Waals surface area (Å²) >= 11 is 0. The van der Waals surface area contributed by atoms with Crippen molar-refractivity contribution in [3.8, 4) is 5.88 Å². The second kappa shape index (κ2) is 4.65. The number of rotatable bonds is 2. The van der Waals surface area contributed by atoms with Gasteiger partial charge in [0.05, 0.1) is 11.7 Å². The monoisotopic (exact) mass is 224 g/mol. The fraction of sp³-hybridized carbons (Fsp3) is 0.636. The summed E-state index contributed by atoms with van der Waals surface area (Å²) in [6.45, 7) is 2.31. The number of aromatic nitrogens is 2. The average molecular weight is 224 g/mol. The van der Waals surface area contributed by atoms with Crippen LogP contribution in [0.2, 0.25) is 0 Å². The van der Waals surface area contributed by atoms with Gasteiger partial charge in [-0.05, 0) is 26.2 Å². The molecule has 1 fully saturated rings. The van der Waals surface area contributed by atoms with Crippen LogP contribution in [0, 0.1) is 6.92 Å². The summed E-state index contributed by atoms with van der Waals surface area (Å²) in [7, 11) is 0. The van der Waals surface area contributed by atoms with E-state index in [-0.39, 0.29) is 23.1 Å². The van der Waals surface area contributed by atoms with Gasteiger partial charge in [0, 0.05) is 13.0 Å². The normalized spacial score (nSPS) is 20.9. The van der Waals surface area contributed by atoms with Gasteiger partial charge in [-0.3, -0.25) is 4.79 Å². The van der Waals surface area contributed by atoms with Crippen molar-refractivity contribution < 1.29 is 9.84 Å². The highest BCUT2D eigenvalue weighted by atomic mass is 16.5. The zero-order valence-corrected chi connectivity index (χ0v) is 9.32. The first-order valence-electron chi connectivity index (χ1n) is 5.57. The van der Waals surface area contributed by atoms with Crippen LogP contribution in [0.3, 0.4) is 0 Å². The molecule has 0 saturated carbocycles. The number of nitrogens with one attached hydrogen (secondary N) is 1. The van der Waals surface area contributed by atoms with Crippen LogP contribution in [0.5, 0.6) is 5.88 Å². The Hall–Kier alpha value is -1.36. The third-order valence-corrected chi connectivity index (χ3v) is 2.87. The van der Waals surface area contributed by atoms with Crippen LogP contribution in [0.25, 0.3) is 0 Å². The van der Waals surface area contributed by atoms with E-state index in [1.165, 1.54) is 0 Å². The molecule has 2 heterocycles. The number of hydrogen-bond donors (Lipinski definition) is 2. The Morgan fingerprint density at radius 1 is 1.56 bits per heavy atom. The van der Waals surface area contributed by atoms with Gasteiger partial charge in [0.2, 0.25) is 5.88 Å². The molecule has 0 aliphatic carbocycles. The van der Waals surface area contributed by atoms with Crippen LogP contribution in [-0.2, 0) is 11.2 Å². The molecule has 0 amide bonds. The Morgan fingerprint density at radius 2 is 2.38 bits per heavy atom. The third-order valence-electron chi connectivity index (χ3n) is 2.87. The molecule has 2 N–H and O–H groups in total. The van der Waals surface area contributed by atoms with Crippen molar-refractivity contribution in [2.24, 2.45) is 0 Å². The lowest BCUT2D eigenvalue weighted by molar-refractivity contribution is 0.0155. The molecule has 1 aromatic rings. The van der Waals surface area contributed by atoms with E-state index in [0.717, 1.165) is 25.9 Å². The molecule has 5 nitrogen and oxygen atoms in total. The molecule has 0 bridgehead atoms. The molecule has 16 heavy (non-hydrogen) atoms. The van der Waals surface area contributed by atoms with Gasteiger partial charge in [-0.15, -0.1) is 0 Å². The van der Waals surface area contributed by atoms with Crippen molar-refractivity contribution in [1.29, 1.82) is 0 Å². The van der Waals surface area contributed by atoms with Gasteiger partial charge < -0.3 is 14.8 Å². The Balaban J connectivity index is 2.12. The molecule has 0 aromatic carbocycles. The second-order valence-electron chi connectivity index (χ2n) is 4.15. The van der Waals surface area contributed by atoms with E-state index >= 15 is 0 Å². The summed E-state index contributed by atoms with van der Waals surface area (Å²) in [5.74, 6) is 0.314. The number of hydrogen-bond acceptors (Lipinski definition) is 4. The van der Waals surface area contributed by atoms with Crippen molar-refractivity contribution in [2.75, 3.05) is 6.61 Å². The predicted octanol–water partition coefficient (Wildman–Crippen LogP) is 0.896. The SMILES string of the molecule is Cc1c(O)nc(CC2CCCCO2)[nH]c1=O. The van der Waals surface area contributed by atoms with E-state index in [9.17, 15) is 9.90 Å². The summed E-state index contributed by atoms with van der Waals surface area (Å²) in [6.07, 6.45) is 3.90. The Kier molecular flexibility index (Phi) is 3.24. The zero-order valence-electron chi connectivity index (χ0n) is 9.32. The first kappa shape index (κ1) is 11.1. The Morgan fingerprint density at radius 3 is 3.00 bits per heavy atom. The topological polar surface area (TPSA) is 75.2 Å². The van der Waals surface area contributed by atoms with Crippen molar-refractivity contribution in [3.05, 3.63) is 21.7 Å². The van der Waals surface area contributed by atoms with Crippen molar-refractivity contribution in [1.82, 2.24) is 9.97 Å². The lowest BCUT2D eigenvalue weighted by Gasteiger charge is -2.21. The maximum atomic E-state index is 11.4. The minimum Gasteiger partial charge on any atom is -0.493 e. The number of aromatic amines is 1. The Labute approximate surface area is 93.5 Å². The quantitative estimate of drug-likeness (QED) is 0.782. The fourth-order valence-electron chi connectivity index (χ4n) is 1.85. The molecule has 1 unspecified atom stereocenters. The van der Waals surface area contributed by atoms with Gasteiger partial charge in [-0.25, -0.2) is 0 Å². The van der Waals surface area contributed by atoms with Gasteiger partial charge in [0.1, 0.15) is 5.82 Å². The maximum Gasteiger partial charge on any atom is 0.257 e. The van der Waals surface area contributed by atoms with E-state index in [1.54, 1.807) is 6.92 Å². The smallest absolute Gasteiger partial charge is 0.257 e. The molecule has 88 valence electrons. The van der Waals surface area contributed by atoms with Gasteiger partial charge in [0.25, 0.3) is 5.56 Å². The number of H-pyrrole nitrogens is 1. The molecular weight excluding hydrogens is 208 g/mol. The summed E-state index contributed by atoms with van der Waals surface area (Å²) < 4.78 is 5.55. The average Bonchev–Trinajstić information content (AvgIpc) is 2.27. The van der Waals surface area contributed by atoms with Crippen LogP contribution < -0.4 is 5.56 Å². The number of nitrogens with zero attached hydrogens (tertiary/aromatic N) is 1. The molecule has 1 aromatic heterocycles. The van der Waals surface area contributed by atoms with E-state index in [4.69, 9.17) is 4.74 Å². The van der Waals surface area contributed by atoms with Crippen LogP contribution in [0.4, 0.5) is 0 Å². The molecule has 1 aliphatic heterocycles. The summed E-state index contributed by atoms with van der Waals surface area (Å²) in [5.41, 5.74) is -0.0216. The largest absolute Gasteiger partial charge is 0.493 e. The highest BCUT2D eigenvalue weighted by molar-refractivity contribution is 5.20. The molecular formula is C11H16N2O3. The first-order chi connectivity index (χ1) is 7.66. The fourth-order valence-corrected chi connectivity index (χ4v) is 1.85. The van der Waals surface area contributed by atoms with E-state index in [2.05, 4.69) is 9.97 Å². The molecule has 2 rings (SSSR count). The summed E-state index contributed by atoms with van der Waals surface area (Å²) in [6, 6.07) is 0. The molecule has 5 heteroatoms. The van der Waals surface area contributed by atoms with Gasteiger partial charge in [-0.2, -0.15) is 4.98 Å². The van der Waals surface area contributed by atoms with Crippen LogP contribution in [0.1, 0.15) is 30.7 Å². The van der Waals surface area contributed by atoms with Crippen molar-refractivity contribution in [3.63, 3.8) is 0 Å². The second-order valence-corrected chi connectivity index (χ2v) is 4.15. The van der Waals surface area contributed by atoms with Crippen LogP contribution in [0.15, 0.2) is 4.79 Å². The van der Waals surface area contributed by atoms with Crippen molar-refractivity contribution in [2.45, 2.75) is 38.7 Å². The summed E-state index contributed by atoms with van der Waals surface area (Å²) in [5, 5.41) is 9.44. The summed E-state index contributed by atoms with van der Waals surface area (Å²) in [4.78, 5) is 18.0. The minimum atomic E-state index is -0.279.